The van der Waals surface area contributed by atoms with Crippen molar-refractivity contribution in [2.45, 2.75) is 13.5 Å². The van der Waals surface area contributed by atoms with Crippen LogP contribution in [0.1, 0.15) is 12.7 Å². The van der Waals surface area contributed by atoms with Crippen LogP contribution >= 0.6 is 11.6 Å². The fourth-order valence-electron chi connectivity index (χ4n) is 4.36. The van der Waals surface area contributed by atoms with Crippen molar-refractivity contribution in [1.82, 2.24) is 15.0 Å². The summed E-state index contributed by atoms with van der Waals surface area (Å²) in [5, 5.41) is 5.08. The van der Waals surface area contributed by atoms with Gasteiger partial charge in [-0.1, -0.05) is 35.8 Å². The molecule has 0 saturated carbocycles. The highest BCUT2D eigenvalue weighted by molar-refractivity contribution is 6.30. The van der Waals surface area contributed by atoms with Crippen LogP contribution in [0.15, 0.2) is 53.1 Å². The van der Waals surface area contributed by atoms with Crippen molar-refractivity contribution in [3.8, 4) is 22.8 Å². The molecule has 4 rings (SSSR count). The van der Waals surface area contributed by atoms with E-state index in [1.165, 1.54) is 5.69 Å². The number of hydrogen-bond donors (Lipinski definition) is 0. The van der Waals surface area contributed by atoms with E-state index in [-0.39, 0.29) is 0 Å². The van der Waals surface area contributed by atoms with Gasteiger partial charge in [0.15, 0.2) is 17.3 Å². The number of aromatic nitrogens is 1. The van der Waals surface area contributed by atoms with Crippen LogP contribution in [0.3, 0.4) is 0 Å². The Balaban J connectivity index is 1.30. The van der Waals surface area contributed by atoms with Crippen molar-refractivity contribution in [3.05, 3.63) is 59.3 Å². The molecule has 8 heteroatoms. The molecule has 1 saturated heterocycles. The Labute approximate surface area is 206 Å². The molecule has 0 bridgehead atoms. The third-order valence-corrected chi connectivity index (χ3v) is 6.58. The molecule has 0 unspecified atom stereocenters. The maximum Gasteiger partial charge on any atom is 0.170 e. The molecule has 0 atom stereocenters. The van der Waals surface area contributed by atoms with Crippen molar-refractivity contribution in [3.63, 3.8) is 0 Å². The minimum Gasteiger partial charge on any atom is -0.493 e. The van der Waals surface area contributed by atoms with E-state index in [2.05, 4.69) is 32.8 Å². The van der Waals surface area contributed by atoms with E-state index in [0.29, 0.717) is 11.5 Å². The van der Waals surface area contributed by atoms with E-state index >= 15 is 0 Å². The molecule has 0 N–H and O–H groups in total. The average molecular weight is 485 g/mol. The molecule has 1 aromatic heterocycles. The number of benzene rings is 2. The van der Waals surface area contributed by atoms with Gasteiger partial charge in [0, 0.05) is 61.6 Å². The molecule has 34 heavy (non-hydrogen) atoms. The Morgan fingerprint density at radius 2 is 1.82 bits per heavy atom. The van der Waals surface area contributed by atoms with Crippen LogP contribution in [0.25, 0.3) is 11.3 Å². The highest BCUT2D eigenvalue weighted by Crippen LogP contribution is 2.37. The number of ether oxygens (including phenoxy) is 2. The molecule has 2 aromatic carbocycles. The molecule has 0 aliphatic carbocycles. The molecule has 1 fully saturated rings. The molecule has 0 spiro atoms. The summed E-state index contributed by atoms with van der Waals surface area (Å²) >= 11 is 6.16. The van der Waals surface area contributed by atoms with Crippen LogP contribution in [0.4, 0.5) is 5.69 Å². The van der Waals surface area contributed by atoms with Crippen LogP contribution in [0.5, 0.6) is 11.5 Å². The molecule has 0 amide bonds. The van der Waals surface area contributed by atoms with Crippen LogP contribution in [-0.2, 0) is 6.54 Å². The molecule has 0 radical (unpaired) electrons. The third kappa shape index (κ3) is 5.84. The fourth-order valence-corrected chi connectivity index (χ4v) is 4.54. The molecule has 1 aliphatic rings. The Bertz CT molecular complexity index is 1070. The number of piperazine rings is 1. The second-order valence-corrected chi connectivity index (χ2v) is 8.83. The predicted molar refractivity (Wildman–Crippen MR) is 136 cm³/mol. The Morgan fingerprint density at radius 1 is 1.03 bits per heavy atom. The Hall–Kier alpha value is -2.74. The smallest absolute Gasteiger partial charge is 0.170 e. The highest BCUT2D eigenvalue weighted by atomic mass is 35.5. The molecular weight excluding hydrogens is 452 g/mol. The van der Waals surface area contributed by atoms with E-state index in [1.54, 1.807) is 14.2 Å². The lowest BCUT2D eigenvalue weighted by atomic mass is 10.1. The summed E-state index contributed by atoms with van der Waals surface area (Å²) in [5.74, 6) is 2.18. The summed E-state index contributed by atoms with van der Waals surface area (Å²) in [5.41, 5.74) is 2.81. The molecule has 182 valence electrons. The molecule has 2 heterocycles. The molecule has 3 aromatic rings. The summed E-state index contributed by atoms with van der Waals surface area (Å²) in [7, 11) is 3.27. The first-order chi connectivity index (χ1) is 16.6. The van der Waals surface area contributed by atoms with E-state index in [4.69, 9.17) is 25.6 Å². The summed E-state index contributed by atoms with van der Waals surface area (Å²) in [6, 6.07) is 15.9. The average Bonchev–Trinajstić information content (AvgIpc) is 3.34. The van der Waals surface area contributed by atoms with E-state index in [0.717, 1.165) is 74.4 Å². The fraction of sp³-hybridized carbons (Fsp3) is 0.423. The van der Waals surface area contributed by atoms with Gasteiger partial charge in [-0.25, -0.2) is 0 Å². The Kier molecular flexibility index (Phi) is 8.32. The van der Waals surface area contributed by atoms with Crippen LogP contribution in [0, 0.1) is 0 Å². The van der Waals surface area contributed by atoms with Gasteiger partial charge in [-0.05, 0) is 36.9 Å². The van der Waals surface area contributed by atoms with Crippen LogP contribution in [0.2, 0.25) is 5.02 Å². The normalized spacial score (nSPS) is 14.6. The number of halogens is 1. The van der Waals surface area contributed by atoms with Gasteiger partial charge >= 0.3 is 0 Å². The van der Waals surface area contributed by atoms with Crippen molar-refractivity contribution in [1.29, 1.82) is 0 Å². The minimum atomic E-state index is 0.661. The number of rotatable bonds is 10. The lowest BCUT2D eigenvalue weighted by molar-refractivity contribution is 0.185. The van der Waals surface area contributed by atoms with E-state index in [9.17, 15) is 0 Å². The second-order valence-electron chi connectivity index (χ2n) is 8.40. The zero-order valence-corrected chi connectivity index (χ0v) is 20.9. The first-order valence-electron chi connectivity index (χ1n) is 11.7. The first kappa shape index (κ1) is 24.4. The summed E-state index contributed by atoms with van der Waals surface area (Å²) in [4.78, 5) is 7.32. The number of anilines is 1. The van der Waals surface area contributed by atoms with E-state index in [1.807, 2.05) is 42.5 Å². The van der Waals surface area contributed by atoms with Gasteiger partial charge in [-0.3, -0.25) is 9.80 Å². The van der Waals surface area contributed by atoms with Gasteiger partial charge in [-0.15, -0.1) is 0 Å². The number of hydrogen-bond acceptors (Lipinski definition) is 7. The summed E-state index contributed by atoms with van der Waals surface area (Å²) in [6.45, 7) is 9.98. The zero-order chi connectivity index (χ0) is 23.9. The monoisotopic (exact) mass is 484 g/mol. The van der Waals surface area contributed by atoms with E-state index < -0.39 is 0 Å². The van der Waals surface area contributed by atoms with Gasteiger partial charge < -0.3 is 18.9 Å². The van der Waals surface area contributed by atoms with Crippen LogP contribution < -0.4 is 14.4 Å². The van der Waals surface area contributed by atoms with Crippen molar-refractivity contribution in [2.24, 2.45) is 0 Å². The maximum absolute atomic E-state index is 6.16. The van der Waals surface area contributed by atoms with Gasteiger partial charge in [-0.2, -0.15) is 0 Å². The number of nitrogens with zero attached hydrogens (tertiary/aromatic N) is 4. The second kappa shape index (κ2) is 11.6. The first-order valence-corrected chi connectivity index (χ1v) is 12.1. The highest BCUT2D eigenvalue weighted by Gasteiger charge is 2.19. The van der Waals surface area contributed by atoms with Gasteiger partial charge in [0.1, 0.15) is 5.69 Å². The Morgan fingerprint density at radius 3 is 2.53 bits per heavy atom. The largest absolute Gasteiger partial charge is 0.493 e. The number of likely N-dealkylation sites (N-methyl/N-ethyl adjacent to an activating group) is 1. The third-order valence-electron chi connectivity index (χ3n) is 6.34. The lowest BCUT2D eigenvalue weighted by Crippen LogP contribution is -2.48. The summed E-state index contributed by atoms with van der Waals surface area (Å²) < 4.78 is 16.6. The molecule has 7 nitrogen and oxygen atoms in total. The molecule has 1 aliphatic heterocycles. The van der Waals surface area contributed by atoms with Crippen molar-refractivity contribution >= 4 is 17.3 Å². The van der Waals surface area contributed by atoms with Gasteiger partial charge in [0.25, 0.3) is 0 Å². The SMILES string of the molecule is CCN(CCN1CCN(c2cccc(Cl)c2)CC1)Cc1cc(-c2cccc(OC)c2OC)no1. The zero-order valence-electron chi connectivity index (χ0n) is 20.2. The van der Waals surface area contributed by atoms with Gasteiger partial charge in [0.05, 0.1) is 20.8 Å². The topological polar surface area (TPSA) is 54.2 Å². The maximum atomic E-state index is 6.16. The quantitative estimate of drug-likeness (QED) is 0.415. The minimum absolute atomic E-state index is 0.661. The lowest BCUT2D eigenvalue weighted by Gasteiger charge is -2.37. The standard InChI is InChI=1S/C26H33ClN4O3/c1-4-29(11-12-30-13-15-31(16-14-30)21-8-5-7-20(27)17-21)19-22-18-24(28-34-22)23-9-6-10-25(32-2)26(23)33-3/h5-10,17-18H,4,11-16,19H2,1-3H3. The number of methoxy groups -OCH3 is 2. The van der Waals surface area contributed by atoms with Crippen molar-refractivity contribution in [2.75, 3.05) is 64.9 Å². The molecular formula is C26H33ClN4O3. The summed E-state index contributed by atoms with van der Waals surface area (Å²) in [6.07, 6.45) is 0. The predicted octanol–water partition coefficient (Wildman–Crippen LogP) is 4.66. The van der Waals surface area contributed by atoms with Crippen LogP contribution in [-0.4, -0.2) is 75.0 Å². The van der Waals surface area contributed by atoms with Crippen molar-refractivity contribution < 1.29 is 14.0 Å². The number of para-hydroxylation sites is 1. The van der Waals surface area contributed by atoms with Gasteiger partial charge in [0.2, 0.25) is 0 Å².